The topological polar surface area (TPSA) is 127 Å². The minimum atomic E-state index is -0.785. The molecule has 0 aromatic carbocycles. The first-order valence-corrected chi connectivity index (χ1v) is 12.3. The summed E-state index contributed by atoms with van der Waals surface area (Å²) >= 11 is 5.11. The lowest BCUT2D eigenvalue weighted by atomic mass is 9.80. The number of amides is 3. The van der Waals surface area contributed by atoms with Gasteiger partial charge in [0.25, 0.3) is 0 Å². The smallest absolute Gasteiger partial charge is 0.244 e. The minimum Gasteiger partial charge on any atom is -0.364 e. The van der Waals surface area contributed by atoms with E-state index < -0.39 is 23.4 Å². The van der Waals surface area contributed by atoms with Gasteiger partial charge < -0.3 is 20.9 Å². The van der Waals surface area contributed by atoms with Gasteiger partial charge in [-0.05, 0) is 47.7 Å². The van der Waals surface area contributed by atoms with Crippen molar-refractivity contribution in [1.29, 1.82) is 5.26 Å². The fraction of sp³-hybridized carbons (Fsp3) is 0.750. The summed E-state index contributed by atoms with van der Waals surface area (Å²) < 4.78 is 0. The molecule has 0 aromatic heterocycles. The molecule has 0 bridgehead atoms. The Morgan fingerprint density at radius 3 is 2.62 bits per heavy atom. The molecule has 0 radical (unpaired) electrons. The maximum absolute atomic E-state index is 13.7. The van der Waals surface area contributed by atoms with Crippen LogP contribution in [0.5, 0.6) is 0 Å². The molecule has 1 aliphatic carbocycles. The zero-order valence-corrected chi connectivity index (χ0v) is 21.7. The van der Waals surface area contributed by atoms with Gasteiger partial charge >= 0.3 is 0 Å². The van der Waals surface area contributed by atoms with Crippen molar-refractivity contribution < 1.29 is 14.4 Å². The second-order valence-electron chi connectivity index (χ2n) is 11.3. The SMILES string of the molecule is CNC(=S)N=CC(C(=O)N1C[C@H]2C([C@H]1C(=O)N[C@H](C#N)C[C@@H]1CCNC1=O)C2(C)C)C(C)(C)C. The van der Waals surface area contributed by atoms with Crippen LogP contribution in [-0.4, -0.2) is 66.2 Å². The largest absolute Gasteiger partial charge is 0.364 e. The molecule has 3 aliphatic rings. The third kappa shape index (κ3) is 5.09. The predicted molar refractivity (Wildman–Crippen MR) is 133 cm³/mol. The van der Waals surface area contributed by atoms with Crippen LogP contribution in [-0.2, 0) is 14.4 Å². The van der Waals surface area contributed by atoms with Gasteiger partial charge in [-0.25, -0.2) is 4.99 Å². The van der Waals surface area contributed by atoms with E-state index in [-0.39, 0.29) is 52.4 Å². The van der Waals surface area contributed by atoms with Crippen molar-refractivity contribution in [3.8, 4) is 6.07 Å². The zero-order valence-electron chi connectivity index (χ0n) is 20.8. The Morgan fingerprint density at radius 2 is 2.09 bits per heavy atom. The summed E-state index contributed by atoms with van der Waals surface area (Å²) in [5.74, 6) is -1.17. The number of nitrogens with zero attached hydrogens (tertiary/aromatic N) is 3. The maximum atomic E-state index is 13.7. The van der Waals surface area contributed by atoms with Crippen molar-refractivity contribution >= 4 is 41.3 Å². The van der Waals surface area contributed by atoms with Crippen molar-refractivity contribution in [2.24, 2.45) is 39.5 Å². The summed E-state index contributed by atoms with van der Waals surface area (Å²) in [6, 6.07) is 0.683. The quantitative estimate of drug-likeness (QED) is 0.381. The van der Waals surface area contributed by atoms with Gasteiger partial charge in [0.1, 0.15) is 12.1 Å². The summed E-state index contributed by atoms with van der Waals surface area (Å²) in [5.41, 5.74) is -0.483. The van der Waals surface area contributed by atoms with E-state index in [2.05, 4.69) is 40.9 Å². The van der Waals surface area contributed by atoms with E-state index in [9.17, 15) is 19.6 Å². The number of carbonyl (C=O) groups is 3. The Labute approximate surface area is 207 Å². The lowest BCUT2D eigenvalue weighted by Crippen LogP contribution is -2.54. The molecule has 1 saturated carbocycles. The van der Waals surface area contributed by atoms with Gasteiger partial charge in [0.05, 0.1) is 12.0 Å². The Kier molecular flexibility index (Phi) is 7.37. The normalized spacial score (nSPS) is 29.1. The first-order chi connectivity index (χ1) is 15.8. The number of hydrogen-bond acceptors (Lipinski definition) is 5. The van der Waals surface area contributed by atoms with Gasteiger partial charge in [0.2, 0.25) is 17.7 Å². The number of nitriles is 1. The molecule has 9 nitrogen and oxygen atoms in total. The van der Waals surface area contributed by atoms with Crippen LogP contribution in [0.1, 0.15) is 47.5 Å². The molecule has 10 heteroatoms. The van der Waals surface area contributed by atoms with Gasteiger partial charge in [-0.2, -0.15) is 5.26 Å². The average molecular weight is 489 g/mol. The van der Waals surface area contributed by atoms with Crippen LogP contribution in [0.4, 0.5) is 0 Å². The third-order valence-corrected chi connectivity index (χ3v) is 7.98. The van der Waals surface area contributed by atoms with Crippen LogP contribution in [0.15, 0.2) is 4.99 Å². The molecule has 2 unspecified atom stereocenters. The van der Waals surface area contributed by atoms with E-state index in [1.54, 1.807) is 18.2 Å². The summed E-state index contributed by atoms with van der Waals surface area (Å²) in [4.78, 5) is 45.0. The second-order valence-corrected chi connectivity index (χ2v) is 11.7. The van der Waals surface area contributed by atoms with Gasteiger partial charge in [0, 0.05) is 32.3 Å². The number of rotatable bonds is 6. The molecule has 6 atom stereocenters. The van der Waals surface area contributed by atoms with Gasteiger partial charge in [-0.1, -0.05) is 34.6 Å². The van der Waals surface area contributed by atoms with Crippen LogP contribution >= 0.6 is 12.2 Å². The number of piperidine rings is 1. The van der Waals surface area contributed by atoms with Gasteiger partial charge in [0.15, 0.2) is 5.11 Å². The molecule has 2 saturated heterocycles. The molecule has 34 heavy (non-hydrogen) atoms. The highest BCUT2D eigenvalue weighted by Gasteiger charge is 2.69. The second kappa shape index (κ2) is 9.61. The number of aliphatic imine (C=N–C) groups is 1. The lowest BCUT2D eigenvalue weighted by Gasteiger charge is -2.36. The van der Waals surface area contributed by atoms with Crippen molar-refractivity contribution in [3.05, 3.63) is 0 Å². The third-order valence-electron chi connectivity index (χ3n) is 7.67. The molecule has 2 aliphatic heterocycles. The lowest BCUT2D eigenvalue weighted by molar-refractivity contribution is -0.144. The molecular formula is C24H36N6O3S. The van der Waals surface area contributed by atoms with Crippen LogP contribution in [0.25, 0.3) is 0 Å². The number of likely N-dealkylation sites (tertiary alicyclic amines) is 1. The Morgan fingerprint density at radius 1 is 1.41 bits per heavy atom. The standard InChI is InChI=1S/C24H36N6O3S/c1-23(2,3)15(11-28-22(34)26-6)21(33)30-12-16-17(24(16,4)5)18(30)20(32)29-14(10-25)9-13-7-8-27-19(13)31/h11,13-18H,7-9,12H2,1-6H3,(H,26,34)(H,27,31)(H,29,32)/t13-,14-,15?,16-,17?,18-/m0/s1. The summed E-state index contributed by atoms with van der Waals surface area (Å²) in [5, 5.41) is 18.3. The minimum absolute atomic E-state index is 0.0292. The van der Waals surface area contributed by atoms with E-state index in [0.717, 1.165) is 0 Å². The highest BCUT2D eigenvalue weighted by Crippen LogP contribution is 2.65. The summed E-state index contributed by atoms with van der Waals surface area (Å²) in [7, 11) is 1.67. The van der Waals surface area contributed by atoms with Crippen LogP contribution in [0.3, 0.4) is 0 Å². The molecule has 186 valence electrons. The first kappa shape index (κ1) is 26.1. The van der Waals surface area contributed by atoms with E-state index in [1.165, 1.54) is 0 Å². The summed E-state index contributed by atoms with van der Waals surface area (Å²) in [6.45, 7) is 11.2. The van der Waals surface area contributed by atoms with Crippen LogP contribution in [0.2, 0.25) is 0 Å². The van der Waals surface area contributed by atoms with Crippen LogP contribution < -0.4 is 16.0 Å². The number of fused-ring (bicyclic) bond motifs is 1. The number of thiocarbonyl (C=S) groups is 1. The Bertz CT molecular complexity index is 934. The summed E-state index contributed by atoms with van der Waals surface area (Å²) in [6.07, 6.45) is 2.49. The molecule has 0 spiro atoms. The van der Waals surface area contributed by atoms with Crippen molar-refractivity contribution in [2.75, 3.05) is 20.1 Å². The Balaban J connectivity index is 1.80. The molecule has 3 rings (SSSR count). The highest BCUT2D eigenvalue weighted by atomic mass is 32.1. The molecule has 2 heterocycles. The number of hydrogen-bond donors (Lipinski definition) is 3. The molecular weight excluding hydrogens is 452 g/mol. The highest BCUT2D eigenvalue weighted by molar-refractivity contribution is 7.80. The maximum Gasteiger partial charge on any atom is 0.244 e. The Hall–Kier alpha value is -2.54. The fourth-order valence-electron chi connectivity index (χ4n) is 5.41. The molecule has 3 N–H and O–H groups in total. The molecule has 3 fully saturated rings. The van der Waals surface area contributed by atoms with E-state index in [1.807, 2.05) is 20.8 Å². The van der Waals surface area contributed by atoms with Crippen molar-refractivity contribution in [1.82, 2.24) is 20.9 Å². The number of nitrogens with one attached hydrogen (secondary N) is 3. The monoisotopic (exact) mass is 488 g/mol. The molecule has 0 aromatic rings. The van der Waals surface area contributed by atoms with E-state index >= 15 is 0 Å². The van der Waals surface area contributed by atoms with Crippen LogP contribution in [0, 0.1) is 45.8 Å². The van der Waals surface area contributed by atoms with E-state index in [4.69, 9.17) is 12.2 Å². The van der Waals surface area contributed by atoms with Gasteiger partial charge in [-0.15, -0.1) is 0 Å². The number of carbonyl (C=O) groups excluding carboxylic acids is 3. The fourth-order valence-corrected chi connectivity index (χ4v) is 5.47. The zero-order chi connectivity index (χ0) is 25.4. The molecule has 3 amide bonds. The van der Waals surface area contributed by atoms with E-state index in [0.29, 0.717) is 19.5 Å². The van der Waals surface area contributed by atoms with Gasteiger partial charge in [-0.3, -0.25) is 14.4 Å². The van der Waals surface area contributed by atoms with Crippen molar-refractivity contribution in [3.63, 3.8) is 0 Å². The van der Waals surface area contributed by atoms with Crippen molar-refractivity contribution in [2.45, 2.75) is 59.5 Å². The predicted octanol–water partition coefficient (Wildman–Crippen LogP) is 1.24. The average Bonchev–Trinajstić information content (AvgIpc) is 3.12. The first-order valence-electron chi connectivity index (χ1n) is 11.9.